The van der Waals surface area contributed by atoms with Crippen LogP contribution >= 0.6 is 0 Å². The van der Waals surface area contributed by atoms with Crippen LogP contribution in [0.1, 0.15) is 114 Å². The van der Waals surface area contributed by atoms with E-state index in [0.717, 1.165) is 5.92 Å². The topological polar surface area (TPSA) is 20.2 Å². The quantitative estimate of drug-likeness (QED) is 0.362. The molecule has 0 aliphatic heterocycles. The number of unbranched alkanes of at least 4 members (excludes halogenated alkanes) is 7. The Morgan fingerprint density at radius 1 is 0.920 bits per heavy atom. The first-order valence-electron chi connectivity index (χ1n) is 11.1. The zero-order valence-corrected chi connectivity index (χ0v) is 16.7. The van der Waals surface area contributed by atoms with Gasteiger partial charge in [0.25, 0.3) is 0 Å². The molecule has 0 heterocycles. The van der Waals surface area contributed by atoms with Gasteiger partial charge in [-0.15, -0.1) is 0 Å². The summed E-state index contributed by atoms with van der Waals surface area (Å²) in [6.45, 7) is 4.55. The van der Waals surface area contributed by atoms with E-state index in [9.17, 15) is 5.11 Å². The third-order valence-electron chi connectivity index (χ3n) is 6.15. The van der Waals surface area contributed by atoms with Crippen LogP contribution in [0.2, 0.25) is 0 Å². The lowest BCUT2D eigenvalue weighted by molar-refractivity contribution is 0.244. The molecule has 1 N–H and O–H groups in total. The Bertz CT molecular complexity index is 475. The lowest BCUT2D eigenvalue weighted by atomic mass is 9.70. The first-order valence-corrected chi connectivity index (χ1v) is 11.1. The van der Waals surface area contributed by atoms with Crippen LogP contribution in [0.25, 0.3) is 0 Å². The van der Waals surface area contributed by atoms with Crippen molar-refractivity contribution in [2.24, 2.45) is 5.92 Å². The van der Waals surface area contributed by atoms with Crippen molar-refractivity contribution in [3.05, 3.63) is 29.3 Å². The van der Waals surface area contributed by atoms with Gasteiger partial charge in [-0.3, -0.25) is 0 Å². The second-order valence-electron chi connectivity index (χ2n) is 8.20. The third-order valence-corrected chi connectivity index (χ3v) is 6.15. The summed E-state index contributed by atoms with van der Waals surface area (Å²) in [5.74, 6) is 1.94. The largest absolute Gasteiger partial charge is 0.508 e. The fourth-order valence-electron chi connectivity index (χ4n) is 4.27. The van der Waals surface area contributed by atoms with Gasteiger partial charge in [-0.2, -0.15) is 0 Å². The van der Waals surface area contributed by atoms with Gasteiger partial charge in [-0.1, -0.05) is 83.8 Å². The van der Waals surface area contributed by atoms with Crippen molar-refractivity contribution in [1.82, 2.24) is 0 Å². The molecule has 1 nitrogen and oxygen atoms in total. The lowest BCUT2D eigenvalue weighted by Crippen LogP contribution is -2.20. The molecular weight excluding hydrogens is 304 g/mol. The van der Waals surface area contributed by atoms with E-state index in [0.29, 0.717) is 11.7 Å². The molecule has 1 unspecified atom stereocenters. The van der Waals surface area contributed by atoms with Gasteiger partial charge in [0.15, 0.2) is 0 Å². The number of rotatable bonds is 13. The van der Waals surface area contributed by atoms with E-state index in [2.05, 4.69) is 26.0 Å². The Morgan fingerprint density at radius 2 is 1.60 bits per heavy atom. The van der Waals surface area contributed by atoms with Crippen molar-refractivity contribution in [3.63, 3.8) is 0 Å². The van der Waals surface area contributed by atoms with Crippen LogP contribution in [-0.2, 0) is 6.42 Å². The minimum atomic E-state index is 0.542. The first kappa shape index (κ1) is 20.3. The predicted molar refractivity (Wildman–Crippen MR) is 109 cm³/mol. The van der Waals surface area contributed by atoms with E-state index in [1.807, 2.05) is 6.07 Å². The Balaban J connectivity index is 1.92. The fourth-order valence-corrected chi connectivity index (χ4v) is 4.27. The molecule has 1 saturated carbocycles. The summed E-state index contributed by atoms with van der Waals surface area (Å²) in [5.41, 5.74) is 2.69. The van der Waals surface area contributed by atoms with Gasteiger partial charge in [-0.25, -0.2) is 0 Å². The van der Waals surface area contributed by atoms with Crippen molar-refractivity contribution in [2.75, 3.05) is 0 Å². The number of aromatic hydroxyl groups is 1. The minimum Gasteiger partial charge on any atom is -0.508 e. The lowest BCUT2D eigenvalue weighted by Gasteiger charge is -2.35. The smallest absolute Gasteiger partial charge is 0.119 e. The summed E-state index contributed by atoms with van der Waals surface area (Å²) in [4.78, 5) is 0. The van der Waals surface area contributed by atoms with Crippen LogP contribution in [0.15, 0.2) is 18.2 Å². The SMILES string of the molecule is CCCCCCCCc1ccc(O)c(C(CCCCC)C2CCC2)c1. The number of hydrogen-bond donors (Lipinski definition) is 1. The van der Waals surface area contributed by atoms with Crippen LogP contribution in [0.3, 0.4) is 0 Å². The minimum absolute atomic E-state index is 0.542. The van der Waals surface area contributed by atoms with Gasteiger partial charge >= 0.3 is 0 Å². The van der Waals surface area contributed by atoms with Gasteiger partial charge in [0.2, 0.25) is 0 Å². The van der Waals surface area contributed by atoms with Crippen LogP contribution < -0.4 is 0 Å². The molecule has 0 amide bonds. The van der Waals surface area contributed by atoms with E-state index in [4.69, 9.17) is 0 Å². The van der Waals surface area contributed by atoms with Crippen molar-refractivity contribution in [2.45, 2.75) is 110 Å². The van der Waals surface area contributed by atoms with Crippen molar-refractivity contribution >= 4 is 0 Å². The highest BCUT2D eigenvalue weighted by atomic mass is 16.3. The molecule has 0 saturated heterocycles. The molecule has 1 aromatic rings. The van der Waals surface area contributed by atoms with E-state index < -0.39 is 0 Å². The molecule has 1 atom stereocenters. The zero-order valence-electron chi connectivity index (χ0n) is 16.7. The molecule has 1 aliphatic rings. The highest BCUT2D eigenvalue weighted by molar-refractivity contribution is 5.39. The van der Waals surface area contributed by atoms with Crippen molar-refractivity contribution < 1.29 is 5.11 Å². The molecular formula is C24H40O. The molecule has 25 heavy (non-hydrogen) atoms. The first-order chi connectivity index (χ1) is 12.3. The van der Waals surface area contributed by atoms with Crippen molar-refractivity contribution in [3.8, 4) is 5.75 Å². The molecule has 1 aromatic carbocycles. The zero-order chi connectivity index (χ0) is 17.9. The summed E-state index contributed by atoms with van der Waals surface area (Å²) >= 11 is 0. The van der Waals surface area contributed by atoms with E-state index in [1.165, 1.54) is 101 Å². The van der Waals surface area contributed by atoms with Crippen LogP contribution in [-0.4, -0.2) is 5.11 Å². The average molecular weight is 345 g/mol. The van der Waals surface area contributed by atoms with Gasteiger partial charge in [0.05, 0.1) is 0 Å². The Hall–Kier alpha value is -0.980. The summed E-state index contributed by atoms with van der Waals surface area (Å²) < 4.78 is 0. The maximum absolute atomic E-state index is 10.5. The molecule has 2 rings (SSSR count). The number of benzene rings is 1. The highest BCUT2D eigenvalue weighted by Gasteiger charge is 2.29. The Morgan fingerprint density at radius 3 is 2.28 bits per heavy atom. The van der Waals surface area contributed by atoms with Gasteiger partial charge < -0.3 is 5.11 Å². The summed E-state index contributed by atoms with van der Waals surface area (Å²) in [6.07, 6.45) is 18.5. The second kappa shape index (κ2) is 11.6. The maximum Gasteiger partial charge on any atom is 0.119 e. The average Bonchev–Trinajstić information content (AvgIpc) is 2.57. The van der Waals surface area contributed by atoms with E-state index in [1.54, 1.807) is 0 Å². The molecule has 1 aliphatic carbocycles. The molecule has 1 fully saturated rings. The van der Waals surface area contributed by atoms with E-state index >= 15 is 0 Å². The van der Waals surface area contributed by atoms with Gasteiger partial charge in [0.1, 0.15) is 5.75 Å². The summed E-state index contributed by atoms with van der Waals surface area (Å²) in [5, 5.41) is 10.5. The molecule has 0 aromatic heterocycles. The second-order valence-corrected chi connectivity index (χ2v) is 8.20. The fraction of sp³-hybridized carbons (Fsp3) is 0.750. The van der Waals surface area contributed by atoms with Crippen LogP contribution in [0.5, 0.6) is 5.75 Å². The number of aryl methyl sites for hydroxylation is 1. The van der Waals surface area contributed by atoms with Crippen LogP contribution in [0, 0.1) is 5.92 Å². The molecule has 142 valence electrons. The van der Waals surface area contributed by atoms with Gasteiger partial charge in [0, 0.05) is 0 Å². The van der Waals surface area contributed by atoms with Gasteiger partial charge in [-0.05, 0) is 61.1 Å². The molecule has 0 radical (unpaired) electrons. The standard InChI is InChI=1S/C24H40O/c1-3-5-7-8-9-11-13-20-17-18-24(25)23(19-20)22(16-10-6-4-2)21-14-12-15-21/h17-19,21-22,25H,3-16H2,1-2H3. The predicted octanol–water partition coefficient (Wildman–Crippen LogP) is 7.76. The third kappa shape index (κ3) is 6.68. The maximum atomic E-state index is 10.5. The monoisotopic (exact) mass is 344 g/mol. The van der Waals surface area contributed by atoms with E-state index in [-0.39, 0.29) is 0 Å². The Labute approximate surface area is 156 Å². The molecule has 0 spiro atoms. The number of phenolic OH excluding ortho intramolecular Hbond substituents is 1. The van der Waals surface area contributed by atoms with Crippen molar-refractivity contribution in [1.29, 1.82) is 0 Å². The highest BCUT2D eigenvalue weighted by Crippen LogP contribution is 2.45. The number of hydrogen-bond acceptors (Lipinski definition) is 1. The Kier molecular flexibility index (Phi) is 9.43. The number of phenols is 1. The van der Waals surface area contributed by atoms with Crippen LogP contribution in [0.4, 0.5) is 0 Å². The molecule has 1 heteroatoms. The summed E-state index contributed by atoms with van der Waals surface area (Å²) in [6, 6.07) is 6.46. The molecule has 0 bridgehead atoms. The normalized spacial score (nSPS) is 15.9. The summed E-state index contributed by atoms with van der Waals surface area (Å²) in [7, 11) is 0.